The Morgan fingerprint density at radius 1 is 1.48 bits per heavy atom. The average Bonchev–Trinajstić information content (AvgIpc) is 3.09. The van der Waals surface area contributed by atoms with E-state index in [9.17, 15) is 9.59 Å². The van der Waals surface area contributed by atoms with Gasteiger partial charge in [-0.25, -0.2) is 0 Å². The Bertz CT molecular complexity index is 855. The van der Waals surface area contributed by atoms with E-state index >= 15 is 0 Å². The molecule has 1 aliphatic rings. The van der Waals surface area contributed by atoms with Crippen LogP contribution in [0.2, 0.25) is 0 Å². The van der Waals surface area contributed by atoms with Crippen molar-refractivity contribution < 1.29 is 9.59 Å². The van der Waals surface area contributed by atoms with Crippen LogP contribution in [0.25, 0.3) is 0 Å². The summed E-state index contributed by atoms with van der Waals surface area (Å²) >= 11 is 6.70. The molecule has 0 fully saturated rings. The number of fused-ring (bicyclic) bond motifs is 1. The number of anilines is 1. The monoisotopic (exact) mass is 377 g/mol. The summed E-state index contributed by atoms with van der Waals surface area (Å²) in [5, 5.41) is 10.2. The second kappa shape index (κ2) is 6.93. The van der Waals surface area contributed by atoms with Crippen LogP contribution in [-0.4, -0.2) is 26.7 Å². The van der Waals surface area contributed by atoms with Gasteiger partial charge in [0, 0.05) is 18.1 Å². The molecule has 132 valence electrons. The number of primary amides is 1. The van der Waals surface area contributed by atoms with Gasteiger partial charge in [0.2, 0.25) is 0 Å². The van der Waals surface area contributed by atoms with Crippen LogP contribution in [0.1, 0.15) is 44.6 Å². The zero-order valence-electron chi connectivity index (χ0n) is 14.0. The summed E-state index contributed by atoms with van der Waals surface area (Å²) in [7, 11) is 1.67. The van der Waals surface area contributed by atoms with E-state index in [1.165, 1.54) is 22.2 Å². The van der Waals surface area contributed by atoms with E-state index in [1.807, 2.05) is 0 Å². The van der Waals surface area contributed by atoms with E-state index in [1.54, 1.807) is 13.1 Å². The Hall–Kier alpha value is -2.26. The first-order valence-corrected chi connectivity index (χ1v) is 9.14. The van der Waals surface area contributed by atoms with Gasteiger partial charge in [0.1, 0.15) is 10.7 Å². The number of hydrogen-bond acceptors (Lipinski definition) is 5. The summed E-state index contributed by atoms with van der Waals surface area (Å²) in [4.78, 5) is 25.3. The smallest absolute Gasteiger partial charge is 0.275 e. The van der Waals surface area contributed by atoms with Gasteiger partial charge in [-0.1, -0.05) is 6.92 Å². The molecule has 1 aliphatic carbocycles. The summed E-state index contributed by atoms with van der Waals surface area (Å²) in [6, 6.07) is 1.60. The normalized spacial score (nSPS) is 16.2. The van der Waals surface area contributed by atoms with Crippen molar-refractivity contribution in [3.05, 3.63) is 34.0 Å². The lowest BCUT2D eigenvalue weighted by Crippen LogP contribution is -2.35. The molecule has 0 unspecified atom stereocenters. The van der Waals surface area contributed by atoms with Gasteiger partial charge in [-0.05, 0) is 49.0 Å². The number of nitrogens with one attached hydrogen (secondary N) is 2. The first-order chi connectivity index (χ1) is 11.9. The molecule has 2 aromatic heterocycles. The number of thiophene rings is 1. The van der Waals surface area contributed by atoms with Crippen molar-refractivity contribution in [1.82, 2.24) is 15.1 Å². The Labute approximate surface area is 154 Å². The van der Waals surface area contributed by atoms with Gasteiger partial charge < -0.3 is 11.1 Å². The van der Waals surface area contributed by atoms with Crippen LogP contribution in [0.4, 0.5) is 5.00 Å². The molecule has 25 heavy (non-hydrogen) atoms. The molecule has 0 aromatic carbocycles. The lowest BCUT2D eigenvalue weighted by atomic mass is 9.88. The zero-order chi connectivity index (χ0) is 18.1. The van der Waals surface area contributed by atoms with Gasteiger partial charge in [-0.2, -0.15) is 5.10 Å². The second-order valence-electron chi connectivity index (χ2n) is 6.17. The Morgan fingerprint density at radius 2 is 2.24 bits per heavy atom. The van der Waals surface area contributed by atoms with Crippen molar-refractivity contribution in [2.45, 2.75) is 26.2 Å². The van der Waals surface area contributed by atoms with Crippen LogP contribution in [0.15, 0.2) is 12.3 Å². The number of carbonyl (C=O) groups is 2. The molecule has 0 aliphatic heterocycles. The average molecular weight is 377 g/mol. The molecule has 0 spiro atoms. The number of amides is 2. The highest BCUT2D eigenvalue weighted by Gasteiger charge is 2.27. The minimum atomic E-state index is -0.477. The first-order valence-electron chi connectivity index (χ1n) is 7.91. The maximum absolute atomic E-state index is 12.2. The lowest BCUT2D eigenvalue weighted by Gasteiger charge is -2.18. The third-order valence-corrected chi connectivity index (χ3v) is 5.64. The second-order valence-corrected chi connectivity index (χ2v) is 7.68. The molecular formula is C16H19N5O2S2. The number of nitrogens with two attached hydrogens (primary N) is 1. The van der Waals surface area contributed by atoms with Gasteiger partial charge in [0.05, 0.1) is 5.56 Å². The zero-order valence-corrected chi connectivity index (χ0v) is 15.6. The molecule has 0 saturated carbocycles. The van der Waals surface area contributed by atoms with Crippen LogP contribution in [0.3, 0.4) is 0 Å². The molecule has 1 atom stereocenters. The topological polar surface area (TPSA) is 102 Å². The molecule has 7 nitrogen and oxygen atoms in total. The van der Waals surface area contributed by atoms with E-state index in [4.69, 9.17) is 18.0 Å². The number of rotatable bonds is 3. The lowest BCUT2D eigenvalue weighted by molar-refractivity contribution is 0.0967. The molecule has 3 rings (SSSR count). The maximum Gasteiger partial charge on any atom is 0.275 e. The molecule has 0 radical (unpaired) electrons. The molecule has 2 aromatic rings. The summed E-state index contributed by atoms with van der Waals surface area (Å²) < 4.78 is 1.46. The van der Waals surface area contributed by atoms with Crippen molar-refractivity contribution in [2.75, 3.05) is 5.32 Å². The quantitative estimate of drug-likeness (QED) is 0.708. The summed E-state index contributed by atoms with van der Waals surface area (Å²) in [6.07, 6.45) is 4.33. The number of nitrogens with zero attached hydrogens (tertiary/aromatic N) is 2. The molecule has 9 heteroatoms. The number of hydrogen-bond donors (Lipinski definition) is 3. The fourth-order valence-electron chi connectivity index (χ4n) is 3.00. The van der Waals surface area contributed by atoms with E-state index in [0.717, 1.165) is 29.7 Å². The predicted molar refractivity (Wildman–Crippen MR) is 101 cm³/mol. The van der Waals surface area contributed by atoms with Crippen LogP contribution in [-0.2, 0) is 19.9 Å². The van der Waals surface area contributed by atoms with Crippen LogP contribution >= 0.6 is 23.6 Å². The van der Waals surface area contributed by atoms with E-state index in [0.29, 0.717) is 22.2 Å². The minimum Gasteiger partial charge on any atom is -0.365 e. The highest BCUT2D eigenvalue weighted by molar-refractivity contribution is 7.80. The van der Waals surface area contributed by atoms with E-state index in [2.05, 4.69) is 22.7 Å². The molecular weight excluding hydrogens is 358 g/mol. The van der Waals surface area contributed by atoms with Gasteiger partial charge in [-0.15, -0.1) is 11.3 Å². The highest BCUT2D eigenvalue weighted by Crippen LogP contribution is 2.39. The third kappa shape index (κ3) is 3.57. The molecule has 0 saturated heterocycles. The fourth-order valence-corrected chi connectivity index (χ4v) is 4.68. The van der Waals surface area contributed by atoms with Crippen molar-refractivity contribution in [3.8, 4) is 0 Å². The van der Waals surface area contributed by atoms with Gasteiger partial charge in [0.15, 0.2) is 5.11 Å². The van der Waals surface area contributed by atoms with Crippen molar-refractivity contribution in [1.29, 1.82) is 0 Å². The van der Waals surface area contributed by atoms with Crippen molar-refractivity contribution in [3.63, 3.8) is 0 Å². The molecule has 0 bridgehead atoms. The Balaban J connectivity index is 1.78. The molecule has 4 N–H and O–H groups in total. The maximum atomic E-state index is 12.2. The number of thiocarbonyl (C=S) groups is 1. The summed E-state index contributed by atoms with van der Waals surface area (Å²) in [5.74, 6) is -0.264. The number of aryl methyl sites for hydroxylation is 1. The summed E-state index contributed by atoms with van der Waals surface area (Å²) in [6.45, 7) is 2.19. The van der Waals surface area contributed by atoms with Crippen LogP contribution in [0, 0.1) is 5.92 Å². The Morgan fingerprint density at radius 3 is 2.88 bits per heavy atom. The van der Waals surface area contributed by atoms with E-state index < -0.39 is 5.91 Å². The van der Waals surface area contributed by atoms with Gasteiger partial charge in [0.25, 0.3) is 11.8 Å². The Kier molecular flexibility index (Phi) is 4.87. The predicted octanol–water partition coefficient (Wildman–Crippen LogP) is 1.83. The van der Waals surface area contributed by atoms with Crippen LogP contribution < -0.4 is 16.4 Å². The largest absolute Gasteiger partial charge is 0.365 e. The number of aromatic nitrogens is 2. The minimum absolute atomic E-state index is 0.125. The van der Waals surface area contributed by atoms with Crippen molar-refractivity contribution in [2.24, 2.45) is 18.7 Å². The fraction of sp³-hybridized carbons (Fsp3) is 0.375. The van der Waals surface area contributed by atoms with Gasteiger partial charge in [-0.3, -0.25) is 19.6 Å². The summed E-state index contributed by atoms with van der Waals surface area (Å²) in [5.41, 5.74) is 7.47. The first kappa shape index (κ1) is 17.6. The van der Waals surface area contributed by atoms with Crippen molar-refractivity contribution >= 4 is 45.5 Å². The highest BCUT2D eigenvalue weighted by atomic mass is 32.1. The number of carbonyl (C=O) groups excluding carboxylic acids is 2. The standard InChI is InChI=1S/C16H19N5O2S2/c1-8-3-4-9-11(7-8)25-15(12(9)13(17)22)20-16(24)19-14(23)10-5-6-18-21(10)2/h5-6,8H,3-4,7H2,1-2H3,(H2,17,22)(H2,19,20,23,24)/t8-/m1/s1. The van der Waals surface area contributed by atoms with E-state index in [-0.39, 0.29) is 11.0 Å². The van der Waals surface area contributed by atoms with Crippen LogP contribution in [0.5, 0.6) is 0 Å². The molecule has 2 amide bonds. The SMILES string of the molecule is C[C@@H]1CCc2c(sc(NC(=S)NC(=O)c3ccnn3C)c2C(N)=O)C1. The third-order valence-electron chi connectivity index (χ3n) is 4.27. The van der Waals surface area contributed by atoms with Gasteiger partial charge >= 0.3 is 0 Å². The molecule has 2 heterocycles.